The fourth-order valence-electron chi connectivity index (χ4n) is 0.986. The fourth-order valence-corrected chi connectivity index (χ4v) is 1.17. The van der Waals surface area contributed by atoms with Gasteiger partial charge in [0.2, 0.25) is 0 Å². The van der Waals surface area contributed by atoms with Gasteiger partial charge < -0.3 is 4.74 Å². The molecule has 0 bridgehead atoms. The van der Waals surface area contributed by atoms with Crippen LogP contribution in [0.3, 0.4) is 0 Å². The van der Waals surface area contributed by atoms with Crippen molar-refractivity contribution in [3.05, 3.63) is 0 Å². The molecule has 0 radical (unpaired) electrons. The molecule has 0 amide bonds. The summed E-state index contributed by atoms with van der Waals surface area (Å²) < 4.78 is 5.51. The molecule has 0 saturated heterocycles. The monoisotopic (exact) mass is 220 g/mol. The first kappa shape index (κ1) is 9.53. The maximum Gasteiger partial charge on any atom is 0.0499 e. The molecule has 11 heavy (non-hydrogen) atoms. The van der Waals surface area contributed by atoms with Crippen molar-refractivity contribution in [2.24, 2.45) is 11.8 Å². The number of hydrogen-bond donors (Lipinski definition) is 0. The fraction of sp³-hybridized carbons (Fsp3) is 1.00. The van der Waals surface area contributed by atoms with E-state index in [1.807, 2.05) is 0 Å². The molecule has 1 unspecified atom stereocenters. The lowest BCUT2D eigenvalue weighted by atomic mass is 10.2. The molecule has 1 aliphatic rings. The number of halogens is 1. The molecule has 1 atom stereocenters. The van der Waals surface area contributed by atoms with Crippen molar-refractivity contribution in [2.75, 3.05) is 18.5 Å². The van der Waals surface area contributed by atoms with E-state index in [0.717, 1.165) is 24.5 Å². The van der Waals surface area contributed by atoms with Gasteiger partial charge in [-0.3, -0.25) is 0 Å². The molecule has 1 nitrogen and oxygen atoms in total. The highest BCUT2D eigenvalue weighted by Crippen LogP contribution is 2.32. The highest BCUT2D eigenvalue weighted by Gasteiger charge is 2.20. The quantitative estimate of drug-likeness (QED) is 0.495. The molecule has 1 aliphatic carbocycles. The first-order valence-electron chi connectivity index (χ1n) is 4.46. The molecule has 1 fully saturated rings. The summed E-state index contributed by atoms with van der Waals surface area (Å²) in [7, 11) is 0. The molecular weight excluding hydrogens is 204 g/mol. The zero-order chi connectivity index (χ0) is 8.10. The van der Waals surface area contributed by atoms with Gasteiger partial charge in [-0.1, -0.05) is 35.7 Å². The lowest BCUT2D eigenvalue weighted by molar-refractivity contribution is 0.106. The standard InChI is InChI=1S/C9H17BrO/c1-8(6-10)7-11-5-4-9-2-3-9/h8-9H,2-7H2,1H3. The smallest absolute Gasteiger partial charge is 0.0499 e. The van der Waals surface area contributed by atoms with E-state index in [-0.39, 0.29) is 0 Å². The third kappa shape index (κ3) is 4.81. The van der Waals surface area contributed by atoms with E-state index >= 15 is 0 Å². The molecule has 2 heteroatoms. The molecule has 1 saturated carbocycles. The summed E-state index contributed by atoms with van der Waals surface area (Å²) >= 11 is 3.43. The molecule has 0 aromatic heterocycles. The summed E-state index contributed by atoms with van der Waals surface area (Å²) in [5.74, 6) is 1.67. The predicted octanol–water partition coefficient (Wildman–Crippen LogP) is 2.83. The van der Waals surface area contributed by atoms with E-state index in [1.165, 1.54) is 19.3 Å². The van der Waals surface area contributed by atoms with Crippen LogP contribution in [0.5, 0.6) is 0 Å². The molecule has 1 rings (SSSR count). The Balaban J connectivity index is 1.79. The zero-order valence-corrected chi connectivity index (χ0v) is 8.77. The molecule has 0 aliphatic heterocycles. The van der Waals surface area contributed by atoms with E-state index in [4.69, 9.17) is 4.74 Å². The lowest BCUT2D eigenvalue weighted by Gasteiger charge is -2.07. The first-order valence-corrected chi connectivity index (χ1v) is 5.58. The average Bonchev–Trinajstić information content (AvgIpc) is 2.81. The molecule has 0 aromatic rings. The van der Waals surface area contributed by atoms with Crippen LogP contribution in [0.15, 0.2) is 0 Å². The van der Waals surface area contributed by atoms with Gasteiger partial charge in [0.1, 0.15) is 0 Å². The Morgan fingerprint density at radius 3 is 2.82 bits per heavy atom. The van der Waals surface area contributed by atoms with Crippen molar-refractivity contribution in [1.82, 2.24) is 0 Å². The molecule has 0 N–H and O–H groups in total. The van der Waals surface area contributed by atoms with Gasteiger partial charge in [0, 0.05) is 18.5 Å². The van der Waals surface area contributed by atoms with Crippen LogP contribution in [-0.4, -0.2) is 18.5 Å². The van der Waals surface area contributed by atoms with E-state index in [2.05, 4.69) is 22.9 Å². The Bertz CT molecular complexity index is 102. The minimum absolute atomic E-state index is 0.661. The normalized spacial score (nSPS) is 20.2. The van der Waals surface area contributed by atoms with E-state index in [0.29, 0.717) is 5.92 Å². The maximum atomic E-state index is 5.51. The van der Waals surface area contributed by atoms with Gasteiger partial charge in [-0.2, -0.15) is 0 Å². The van der Waals surface area contributed by atoms with Crippen molar-refractivity contribution in [3.63, 3.8) is 0 Å². The average molecular weight is 221 g/mol. The Morgan fingerprint density at radius 2 is 2.27 bits per heavy atom. The summed E-state index contributed by atoms with van der Waals surface area (Å²) in [6, 6.07) is 0. The van der Waals surface area contributed by atoms with Crippen molar-refractivity contribution in [1.29, 1.82) is 0 Å². The van der Waals surface area contributed by atoms with Gasteiger partial charge in [-0.15, -0.1) is 0 Å². The van der Waals surface area contributed by atoms with Crippen molar-refractivity contribution < 1.29 is 4.74 Å². The van der Waals surface area contributed by atoms with Crippen molar-refractivity contribution in [2.45, 2.75) is 26.2 Å². The third-order valence-corrected chi connectivity index (χ3v) is 3.14. The minimum Gasteiger partial charge on any atom is -0.381 e. The summed E-state index contributed by atoms with van der Waals surface area (Å²) in [6.07, 6.45) is 4.17. The zero-order valence-electron chi connectivity index (χ0n) is 7.18. The van der Waals surface area contributed by atoms with Crippen LogP contribution in [-0.2, 0) is 4.74 Å². The van der Waals surface area contributed by atoms with Crippen molar-refractivity contribution in [3.8, 4) is 0 Å². The molecule has 0 aromatic carbocycles. The molecule has 66 valence electrons. The topological polar surface area (TPSA) is 9.23 Å². The number of rotatable bonds is 6. The van der Waals surface area contributed by atoms with Gasteiger partial charge in [0.15, 0.2) is 0 Å². The molecular formula is C9H17BrO. The highest BCUT2D eigenvalue weighted by molar-refractivity contribution is 9.09. The van der Waals surface area contributed by atoms with E-state index in [9.17, 15) is 0 Å². The second kappa shape index (κ2) is 5.15. The van der Waals surface area contributed by atoms with Crippen LogP contribution in [0.1, 0.15) is 26.2 Å². The summed E-state index contributed by atoms with van der Waals surface area (Å²) in [4.78, 5) is 0. The third-order valence-electron chi connectivity index (χ3n) is 2.03. The summed E-state index contributed by atoms with van der Waals surface area (Å²) in [5, 5.41) is 1.05. The number of alkyl halides is 1. The van der Waals surface area contributed by atoms with Gasteiger partial charge in [0.25, 0.3) is 0 Å². The second-order valence-corrected chi connectivity index (χ2v) is 4.21. The van der Waals surface area contributed by atoms with Gasteiger partial charge in [-0.05, 0) is 18.3 Å². The minimum atomic E-state index is 0.661. The molecule has 0 spiro atoms. The van der Waals surface area contributed by atoms with E-state index < -0.39 is 0 Å². The first-order chi connectivity index (χ1) is 5.33. The number of hydrogen-bond acceptors (Lipinski definition) is 1. The van der Waals surface area contributed by atoms with Gasteiger partial charge in [-0.25, -0.2) is 0 Å². The Morgan fingerprint density at radius 1 is 1.55 bits per heavy atom. The second-order valence-electron chi connectivity index (χ2n) is 3.57. The van der Waals surface area contributed by atoms with E-state index in [1.54, 1.807) is 0 Å². The van der Waals surface area contributed by atoms with Crippen LogP contribution in [0.25, 0.3) is 0 Å². The van der Waals surface area contributed by atoms with Crippen LogP contribution in [0, 0.1) is 11.8 Å². The number of ether oxygens (including phenoxy) is 1. The Labute approximate surface area is 77.6 Å². The highest BCUT2D eigenvalue weighted by atomic mass is 79.9. The van der Waals surface area contributed by atoms with Crippen molar-refractivity contribution >= 4 is 15.9 Å². The summed E-state index contributed by atoms with van der Waals surface area (Å²) in [5.41, 5.74) is 0. The lowest BCUT2D eigenvalue weighted by Crippen LogP contribution is -2.07. The predicted molar refractivity (Wildman–Crippen MR) is 51.1 cm³/mol. The van der Waals surface area contributed by atoms with Crippen LogP contribution in [0.4, 0.5) is 0 Å². The van der Waals surface area contributed by atoms with Gasteiger partial charge >= 0.3 is 0 Å². The van der Waals surface area contributed by atoms with Crippen LogP contribution >= 0.6 is 15.9 Å². The SMILES string of the molecule is CC(CBr)COCCC1CC1. The summed E-state index contributed by atoms with van der Waals surface area (Å²) in [6.45, 7) is 4.09. The maximum absolute atomic E-state index is 5.51. The largest absolute Gasteiger partial charge is 0.381 e. The van der Waals surface area contributed by atoms with Crippen LogP contribution < -0.4 is 0 Å². The molecule has 0 heterocycles. The Kier molecular flexibility index (Phi) is 4.46. The van der Waals surface area contributed by atoms with Crippen LogP contribution in [0.2, 0.25) is 0 Å². The van der Waals surface area contributed by atoms with Gasteiger partial charge in [0.05, 0.1) is 0 Å². The Hall–Kier alpha value is 0.440.